The molecule has 1 aromatic rings. The van der Waals surface area contributed by atoms with Crippen LogP contribution in [0.3, 0.4) is 0 Å². The van der Waals surface area contributed by atoms with Crippen molar-refractivity contribution in [3.63, 3.8) is 0 Å². The minimum Gasteiger partial charge on any atom is -0.384 e. The second-order valence-electron chi connectivity index (χ2n) is 4.60. The van der Waals surface area contributed by atoms with Crippen LogP contribution < -0.4 is 5.32 Å². The topological polar surface area (TPSA) is 24.5 Å². The molecule has 0 saturated carbocycles. The number of nitrogens with zero attached hydrogens (tertiary/aromatic N) is 1. The van der Waals surface area contributed by atoms with Gasteiger partial charge in [0, 0.05) is 38.5 Å². The predicted molar refractivity (Wildman–Crippen MR) is 71.5 cm³/mol. The van der Waals surface area contributed by atoms with Crippen molar-refractivity contribution in [3.05, 3.63) is 29.8 Å². The Kier molecular flexibility index (Phi) is 4.83. The minimum atomic E-state index is 0.879. The van der Waals surface area contributed by atoms with E-state index in [1.165, 1.54) is 11.3 Å². The van der Waals surface area contributed by atoms with E-state index in [1.54, 1.807) is 0 Å². The lowest BCUT2D eigenvalue weighted by Gasteiger charge is -2.19. The zero-order valence-electron chi connectivity index (χ0n) is 10.6. The normalized spacial score (nSPS) is 17.7. The van der Waals surface area contributed by atoms with Crippen LogP contribution in [0.25, 0.3) is 0 Å². The van der Waals surface area contributed by atoms with Crippen molar-refractivity contribution >= 4 is 5.69 Å². The van der Waals surface area contributed by atoms with Gasteiger partial charge in [-0.25, -0.2) is 0 Å². The molecular weight excluding hydrogens is 212 g/mol. The number of hydrogen-bond donors (Lipinski definition) is 1. The standard InChI is InChI=1S/C14H22N2O/c1-13-3-5-14(6-4-13)15-7-9-16-8-2-11-17-12-10-16/h3-6,15H,2,7-12H2,1H3. The number of anilines is 1. The van der Waals surface area contributed by atoms with Gasteiger partial charge in [-0.05, 0) is 25.5 Å². The third-order valence-corrected chi connectivity index (χ3v) is 3.12. The predicted octanol–water partition coefficient (Wildman–Crippen LogP) is 2.13. The van der Waals surface area contributed by atoms with Crippen LogP contribution in [0.15, 0.2) is 24.3 Å². The maximum absolute atomic E-state index is 5.44. The monoisotopic (exact) mass is 234 g/mol. The maximum atomic E-state index is 5.44. The molecule has 3 nitrogen and oxygen atoms in total. The Balaban J connectivity index is 1.69. The van der Waals surface area contributed by atoms with Gasteiger partial charge in [0.15, 0.2) is 0 Å². The van der Waals surface area contributed by atoms with Crippen molar-refractivity contribution in [1.82, 2.24) is 4.90 Å². The van der Waals surface area contributed by atoms with Gasteiger partial charge in [-0.1, -0.05) is 17.7 Å². The van der Waals surface area contributed by atoms with Crippen LogP contribution >= 0.6 is 0 Å². The Labute approximate surface area is 104 Å². The molecule has 1 saturated heterocycles. The summed E-state index contributed by atoms with van der Waals surface area (Å²) < 4.78 is 5.44. The fourth-order valence-corrected chi connectivity index (χ4v) is 2.05. The average Bonchev–Trinajstić information content (AvgIpc) is 2.60. The van der Waals surface area contributed by atoms with Gasteiger partial charge in [0.05, 0.1) is 6.61 Å². The van der Waals surface area contributed by atoms with Gasteiger partial charge in [-0.15, -0.1) is 0 Å². The van der Waals surface area contributed by atoms with Crippen molar-refractivity contribution in [2.75, 3.05) is 44.7 Å². The van der Waals surface area contributed by atoms with E-state index in [2.05, 4.69) is 41.4 Å². The summed E-state index contributed by atoms with van der Waals surface area (Å²) in [6, 6.07) is 8.56. The Morgan fingerprint density at radius 3 is 2.82 bits per heavy atom. The number of aryl methyl sites for hydroxylation is 1. The summed E-state index contributed by atoms with van der Waals surface area (Å²) in [6.07, 6.45) is 1.16. The van der Waals surface area contributed by atoms with E-state index in [0.29, 0.717) is 0 Å². The molecule has 0 spiro atoms. The summed E-state index contributed by atoms with van der Waals surface area (Å²) in [4.78, 5) is 2.47. The summed E-state index contributed by atoms with van der Waals surface area (Å²) in [5.41, 5.74) is 2.52. The van der Waals surface area contributed by atoms with Crippen LogP contribution in [0.4, 0.5) is 5.69 Å². The number of hydrogen-bond acceptors (Lipinski definition) is 3. The first kappa shape index (κ1) is 12.4. The van der Waals surface area contributed by atoms with E-state index in [-0.39, 0.29) is 0 Å². The van der Waals surface area contributed by atoms with Gasteiger partial charge >= 0.3 is 0 Å². The maximum Gasteiger partial charge on any atom is 0.0593 e. The molecule has 1 aliphatic heterocycles. The van der Waals surface area contributed by atoms with Crippen LogP contribution in [-0.4, -0.2) is 44.3 Å². The van der Waals surface area contributed by atoms with Crippen molar-refractivity contribution in [1.29, 1.82) is 0 Å². The molecule has 2 rings (SSSR count). The third-order valence-electron chi connectivity index (χ3n) is 3.12. The van der Waals surface area contributed by atoms with Gasteiger partial charge in [0.1, 0.15) is 0 Å². The smallest absolute Gasteiger partial charge is 0.0593 e. The second-order valence-corrected chi connectivity index (χ2v) is 4.60. The van der Waals surface area contributed by atoms with E-state index in [1.807, 2.05) is 0 Å². The molecule has 0 aromatic heterocycles. The van der Waals surface area contributed by atoms with E-state index in [4.69, 9.17) is 4.74 Å². The van der Waals surface area contributed by atoms with E-state index >= 15 is 0 Å². The Morgan fingerprint density at radius 1 is 1.18 bits per heavy atom. The SMILES string of the molecule is Cc1ccc(NCCN2CCCOCC2)cc1. The number of rotatable bonds is 4. The highest BCUT2D eigenvalue weighted by molar-refractivity contribution is 5.44. The molecule has 94 valence electrons. The summed E-state index contributed by atoms with van der Waals surface area (Å²) in [6.45, 7) is 8.24. The minimum absolute atomic E-state index is 0.879. The molecule has 0 aliphatic carbocycles. The van der Waals surface area contributed by atoms with Crippen LogP contribution in [0, 0.1) is 6.92 Å². The van der Waals surface area contributed by atoms with Crippen molar-refractivity contribution in [2.45, 2.75) is 13.3 Å². The molecule has 0 amide bonds. The quantitative estimate of drug-likeness (QED) is 0.863. The zero-order chi connectivity index (χ0) is 11.9. The van der Waals surface area contributed by atoms with Gasteiger partial charge in [-0.2, -0.15) is 0 Å². The summed E-state index contributed by atoms with van der Waals surface area (Å²) >= 11 is 0. The Bertz CT molecular complexity index is 315. The lowest BCUT2D eigenvalue weighted by Crippen LogP contribution is -2.31. The van der Waals surface area contributed by atoms with Gasteiger partial charge in [-0.3, -0.25) is 4.90 Å². The van der Waals surface area contributed by atoms with Crippen molar-refractivity contribution in [2.24, 2.45) is 0 Å². The lowest BCUT2D eigenvalue weighted by atomic mass is 10.2. The van der Waals surface area contributed by atoms with E-state index < -0.39 is 0 Å². The fourth-order valence-electron chi connectivity index (χ4n) is 2.05. The lowest BCUT2D eigenvalue weighted by molar-refractivity contribution is 0.142. The molecule has 1 heterocycles. The molecule has 17 heavy (non-hydrogen) atoms. The summed E-state index contributed by atoms with van der Waals surface area (Å²) in [7, 11) is 0. The molecule has 0 bridgehead atoms. The molecular formula is C14H22N2O. The highest BCUT2D eigenvalue weighted by Gasteiger charge is 2.07. The Morgan fingerprint density at radius 2 is 2.00 bits per heavy atom. The highest BCUT2D eigenvalue weighted by Crippen LogP contribution is 2.08. The molecule has 3 heteroatoms. The largest absolute Gasteiger partial charge is 0.384 e. The average molecular weight is 234 g/mol. The molecule has 1 aliphatic rings. The summed E-state index contributed by atoms with van der Waals surface area (Å²) in [5.74, 6) is 0. The second kappa shape index (κ2) is 6.62. The number of ether oxygens (including phenoxy) is 1. The highest BCUT2D eigenvalue weighted by atomic mass is 16.5. The first-order chi connectivity index (χ1) is 8.34. The first-order valence-corrected chi connectivity index (χ1v) is 6.45. The molecule has 0 radical (unpaired) electrons. The van der Waals surface area contributed by atoms with Crippen LogP contribution in [0.5, 0.6) is 0 Å². The van der Waals surface area contributed by atoms with Gasteiger partial charge < -0.3 is 10.1 Å². The molecule has 0 atom stereocenters. The van der Waals surface area contributed by atoms with Crippen molar-refractivity contribution < 1.29 is 4.74 Å². The number of nitrogens with one attached hydrogen (secondary N) is 1. The fraction of sp³-hybridized carbons (Fsp3) is 0.571. The van der Waals surface area contributed by atoms with E-state index in [9.17, 15) is 0 Å². The van der Waals surface area contributed by atoms with Crippen LogP contribution in [-0.2, 0) is 4.74 Å². The van der Waals surface area contributed by atoms with Crippen LogP contribution in [0.1, 0.15) is 12.0 Å². The molecule has 0 unspecified atom stereocenters. The number of benzene rings is 1. The van der Waals surface area contributed by atoms with Gasteiger partial charge in [0.2, 0.25) is 0 Å². The Hall–Kier alpha value is -1.06. The molecule has 1 aromatic carbocycles. The molecule has 1 fully saturated rings. The van der Waals surface area contributed by atoms with Crippen LogP contribution in [0.2, 0.25) is 0 Å². The van der Waals surface area contributed by atoms with Crippen molar-refractivity contribution in [3.8, 4) is 0 Å². The van der Waals surface area contributed by atoms with E-state index in [0.717, 1.165) is 45.8 Å². The molecule has 1 N–H and O–H groups in total. The summed E-state index contributed by atoms with van der Waals surface area (Å²) in [5, 5.41) is 3.46. The first-order valence-electron chi connectivity index (χ1n) is 6.45. The van der Waals surface area contributed by atoms with Gasteiger partial charge in [0.25, 0.3) is 0 Å². The zero-order valence-corrected chi connectivity index (χ0v) is 10.6. The third kappa shape index (κ3) is 4.36.